The van der Waals surface area contributed by atoms with Crippen LogP contribution in [-0.2, 0) is 5.60 Å². The third-order valence-electron chi connectivity index (χ3n) is 6.52. The topological polar surface area (TPSA) is 49.8 Å². The van der Waals surface area contributed by atoms with E-state index in [1.165, 1.54) is 12.1 Å². The van der Waals surface area contributed by atoms with Gasteiger partial charge in [0.1, 0.15) is 11.6 Å². The number of benzene rings is 2. The summed E-state index contributed by atoms with van der Waals surface area (Å²) in [6, 6.07) is 12.9. The van der Waals surface area contributed by atoms with Crippen molar-refractivity contribution in [3.63, 3.8) is 0 Å². The van der Waals surface area contributed by atoms with Gasteiger partial charge in [-0.1, -0.05) is 24.6 Å². The summed E-state index contributed by atoms with van der Waals surface area (Å²) < 4.78 is 19.9. The molecule has 1 N–H and O–H groups in total. The van der Waals surface area contributed by atoms with Crippen LogP contribution in [0.2, 0.25) is 0 Å². The number of nitrogens with zero attached hydrogens (tertiary/aromatic N) is 1. The summed E-state index contributed by atoms with van der Waals surface area (Å²) in [6.45, 7) is 0.740. The van der Waals surface area contributed by atoms with Crippen molar-refractivity contribution in [2.45, 2.75) is 31.3 Å². The lowest BCUT2D eigenvalue weighted by Gasteiger charge is -2.45. The van der Waals surface area contributed by atoms with Gasteiger partial charge in [-0.05, 0) is 75.0 Å². The lowest BCUT2D eigenvalue weighted by atomic mass is 9.66. The second-order valence-corrected chi connectivity index (χ2v) is 8.87. The van der Waals surface area contributed by atoms with E-state index in [4.69, 9.17) is 4.74 Å². The number of fused-ring (bicyclic) bond motifs is 2. The van der Waals surface area contributed by atoms with E-state index < -0.39 is 17.4 Å². The average molecular weight is 397 g/mol. The van der Waals surface area contributed by atoms with Gasteiger partial charge in [0.2, 0.25) is 0 Å². The van der Waals surface area contributed by atoms with E-state index in [-0.39, 0.29) is 11.7 Å². The fraction of sp³-hybridized carbons (Fsp3) is 0.458. The van der Waals surface area contributed by atoms with Crippen LogP contribution in [0.1, 0.15) is 41.6 Å². The molecule has 0 spiro atoms. The number of carbonyl (C=O) groups excluding carboxylic acids is 1. The van der Waals surface area contributed by atoms with Gasteiger partial charge < -0.3 is 14.7 Å². The van der Waals surface area contributed by atoms with Gasteiger partial charge in [0.05, 0.1) is 11.2 Å². The van der Waals surface area contributed by atoms with Crippen molar-refractivity contribution in [1.82, 2.24) is 4.90 Å². The van der Waals surface area contributed by atoms with E-state index in [2.05, 4.69) is 4.90 Å². The maximum absolute atomic E-state index is 14.5. The molecule has 2 bridgehead atoms. The van der Waals surface area contributed by atoms with Crippen LogP contribution in [0, 0.1) is 23.6 Å². The van der Waals surface area contributed by atoms with Crippen molar-refractivity contribution >= 4 is 5.97 Å². The highest BCUT2D eigenvalue weighted by Gasteiger charge is 2.51. The number of carbonyl (C=O) groups is 1. The molecule has 0 aromatic heterocycles. The van der Waals surface area contributed by atoms with E-state index in [1.54, 1.807) is 30.3 Å². The minimum Gasteiger partial charge on any atom is -0.423 e. The molecule has 4 atom stereocenters. The molecule has 0 amide bonds. The molecule has 2 aliphatic carbocycles. The van der Waals surface area contributed by atoms with Crippen LogP contribution in [0.3, 0.4) is 0 Å². The van der Waals surface area contributed by atoms with Crippen molar-refractivity contribution in [3.8, 4) is 5.75 Å². The predicted octanol–water partition coefficient (Wildman–Crippen LogP) is 4.23. The summed E-state index contributed by atoms with van der Waals surface area (Å²) in [4.78, 5) is 14.5. The number of esters is 1. The fourth-order valence-corrected chi connectivity index (χ4v) is 5.28. The minimum atomic E-state index is -1.12. The largest absolute Gasteiger partial charge is 0.423 e. The number of hydrogen-bond acceptors (Lipinski definition) is 4. The van der Waals surface area contributed by atoms with Crippen LogP contribution < -0.4 is 4.74 Å². The van der Waals surface area contributed by atoms with E-state index >= 15 is 0 Å². The molecule has 0 saturated heterocycles. The maximum atomic E-state index is 14.5. The van der Waals surface area contributed by atoms with Crippen molar-refractivity contribution in [2.75, 3.05) is 20.6 Å². The van der Waals surface area contributed by atoms with Gasteiger partial charge in [-0.15, -0.1) is 0 Å². The molecule has 2 saturated carbocycles. The molecule has 2 aromatic carbocycles. The standard InChI is InChI=1S/C24H28FNO3/c1-26(2)15-22-18-9-8-16(10-18)14-24(22,28)19-11-20(25)13-21(12-19)29-23(27)17-6-4-3-5-7-17/h3-7,11-13,16,18,22,28H,8-10,14-15H2,1-2H3/t16-,18+,22-,24-/m0/s1. The molecule has 154 valence electrons. The molecule has 0 radical (unpaired) electrons. The van der Waals surface area contributed by atoms with Crippen molar-refractivity contribution < 1.29 is 19.0 Å². The Morgan fingerprint density at radius 2 is 1.97 bits per heavy atom. The van der Waals surface area contributed by atoms with E-state index in [0.29, 0.717) is 29.4 Å². The average Bonchev–Trinajstić information content (AvgIpc) is 3.08. The van der Waals surface area contributed by atoms with Gasteiger partial charge in [0, 0.05) is 18.5 Å². The lowest BCUT2D eigenvalue weighted by molar-refractivity contribution is -0.0893. The van der Waals surface area contributed by atoms with Crippen LogP contribution in [0.25, 0.3) is 0 Å². The summed E-state index contributed by atoms with van der Waals surface area (Å²) in [5.74, 6) is -0.00253. The summed E-state index contributed by atoms with van der Waals surface area (Å²) in [6.07, 6.45) is 3.97. The predicted molar refractivity (Wildman–Crippen MR) is 109 cm³/mol. The zero-order valence-electron chi connectivity index (χ0n) is 17.0. The molecule has 4 nitrogen and oxygen atoms in total. The van der Waals surface area contributed by atoms with E-state index in [0.717, 1.165) is 25.8 Å². The summed E-state index contributed by atoms with van der Waals surface area (Å²) in [5, 5.41) is 11.8. The first-order valence-electron chi connectivity index (χ1n) is 10.3. The first-order valence-corrected chi connectivity index (χ1v) is 10.3. The monoisotopic (exact) mass is 397 g/mol. The van der Waals surface area contributed by atoms with Gasteiger partial charge in [0.15, 0.2) is 0 Å². The summed E-state index contributed by atoms with van der Waals surface area (Å²) in [5.41, 5.74) is -0.209. The molecule has 4 rings (SSSR count). The molecular formula is C24H28FNO3. The van der Waals surface area contributed by atoms with Gasteiger partial charge in [-0.25, -0.2) is 9.18 Å². The first kappa shape index (κ1) is 20.0. The molecule has 2 fully saturated rings. The quantitative estimate of drug-likeness (QED) is 0.606. The lowest BCUT2D eigenvalue weighted by Crippen LogP contribution is -2.47. The van der Waals surface area contributed by atoms with Crippen molar-refractivity contribution in [3.05, 3.63) is 65.5 Å². The number of ether oxygens (including phenoxy) is 1. The second kappa shape index (κ2) is 7.88. The molecule has 2 aromatic rings. The van der Waals surface area contributed by atoms with Crippen LogP contribution in [0.5, 0.6) is 5.75 Å². The summed E-state index contributed by atoms with van der Waals surface area (Å²) >= 11 is 0. The van der Waals surface area contributed by atoms with Crippen LogP contribution >= 0.6 is 0 Å². The van der Waals surface area contributed by atoms with Gasteiger partial charge in [-0.3, -0.25) is 0 Å². The Balaban J connectivity index is 1.66. The number of halogens is 1. The zero-order valence-corrected chi connectivity index (χ0v) is 17.0. The highest BCUT2D eigenvalue weighted by Crippen LogP contribution is 2.54. The molecule has 5 heteroatoms. The SMILES string of the molecule is CN(C)C[C@H]1[C@@H]2CC[C@@H](C2)C[C@]1(O)c1cc(F)cc(OC(=O)c2ccccc2)c1. The van der Waals surface area contributed by atoms with Crippen LogP contribution in [-0.4, -0.2) is 36.6 Å². The molecule has 0 aliphatic heterocycles. The Labute approximate surface area is 171 Å². The fourth-order valence-electron chi connectivity index (χ4n) is 5.28. The Bertz CT molecular complexity index is 885. The number of aliphatic hydroxyl groups is 1. The van der Waals surface area contributed by atoms with Gasteiger partial charge in [0.25, 0.3) is 0 Å². The highest BCUT2D eigenvalue weighted by molar-refractivity contribution is 5.90. The van der Waals surface area contributed by atoms with Crippen LogP contribution in [0.4, 0.5) is 4.39 Å². The molecule has 29 heavy (non-hydrogen) atoms. The van der Waals surface area contributed by atoms with E-state index in [9.17, 15) is 14.3 Å². The van der Waals surface area contributed by atoms with E-state index in [1.807, 2.05) is 20.2 Å². The van der Waals surface area contributed by atoms with Crippen molar-refractivity contribution in [2.24, 2.45) is 17.8 Å². The smallest absolute Gasteiger partial charge is 0.343 e. The normalized spacial score (nSPS) is 28.5. The number of rotatable bonds is 5. The number of hydrogen-bond donors (Lipinski definition) is 1. The zero-order chi connectivity index (χ0) is 20.6. The highest BCUT2D eigenvalue weighted by atomic mass is 19.1. The molecule has 0 unspecified atom stereocenters. The Morgan fingerprint density at radius 1 is 1.21 bits per heavy atom. The second-order valence-electron chi connectivity index (χ2n) is 8.87. The minimum absolute atomic E-state index is 0.0238. The molecular weight excluding hydrogens is 369 g/mol. The first-order chi connectivity index (χ1) is 13.8. The Kier molecular flexibility index (Phi) is 5.45. The van der Waals surface area contributed by atoms with Gasteiger partial charge >= 0.3 is 5.97 Å². The third kappa shape index (κ3) is 4.07. The van der Waals surface area contributed by atoms with Gasteiger partial charge in [-0.2, -0.15) is 0 Å². The summed E-state index contributed by atoms with van der Waals surface area (Å²) in [7, 11) is 4.00. The van der Waals surface area contributed by atoms with Crippen molar-refractivity contribution in [1.29, 1.82) is 0 Å². The maximum Gasteiger partial charge on any atom is 0.343 e. The molecule has 2 aliphatic rings. The van der Waals surface area contributed by atoms with Crippen LogP contribution in [0.15, 0.2) is 48.5 Å². The third-order valence-corrected chi connectivity index (χ3v) is 6.52. The Morgan fingerprint density at radius 3 is 2.69 bits per heavy atom. The molecule has 0 heterocycles. The Hall–Kier alpha value is -2.24.